The van der Waals surface area contributed by atoms with Crippen LogP contribution in [0.25, 0.3) is 0 Å². The standard InChI is InChI=1S/C33H44N4O3/c1-21-29-26(18-33(2,3)19-28(29)38)34-30(21)31(39)35-25(11-9-22-7-8-22)32(40)37-16-13-24-17-23(10-12-27(24)37)20-36-14-5-4-6-15-36/h10,12,17,22,25,34H,4-9,11,13-16,18-20H2,1-3H3,(H,35,39). The van der Waals surface area contributed by atoms with Crippen LogP contribution < -0.4 is 10.2 Å². The van der Waals surface area contributed by atoms with Crippen molar-refractivity contribution in [3.8, 4) is 0 Å². The van der Waals surface area contributed by atoms with Crippen molar-refractivity contribution < 1.29 is 14.4 Å². The fourth-order valence-corrected chi connectivity index (χ4v) is 7.10. The van der Waals surface area contributed by atoms with Crippen molar-refractivity contribution in [1.29, 1.82) is 0 Å². The van der Waals surface area contributed by atoms with Crippen LogP contribution in [0.1, 0.15) is 108 Å². The normalized spacial score (nSPS) is 21.2. The third-order valence-electron chi connectivity index (χ3n) is 9.45. The Morgan fingerprint density at radius 3 is 2.62 bits per heavy atom. The van der Waals surface area contributed by atoms with Crippen LogP contribution in [0.5, 0.6) is 0 Å². The molecule has 2 N–H and O–H groups in total. The largest absolute Gasteiger partial charge is 0.354 e. The summed E-state index contributed by atoms with van der Waals surface area (Å²) >= 11 is 0. The average Bonchev–Trinajstić information content (AvgIpc) is 3.56. The lowest BCUT2D eigenvalue weighted by atomic mass is 9.75. The van der Waals surface area contributed by atoms with Gasteiger partial charge in [-0.1, -0.05) is 45.2 Å². The number of nitrogens with zero attached hydrogens (tertiary/aromatic N) is 2. The van der Waals surface area contributed by atoms with Gasteiger partial charge in [0.15, 0.2) is 5.78 Å². The first kappa shape index (κ1) is 27.3. The number of ketones is 1. The first-order valence-corrected chi connectivity index (χ1v) is 15.4. The van der Waals surface area contributed by atoms with Gasteiger partial charge in [-0.3, -0.25) is 19.3 Å². The molecule has 40 heavy (non-hydrogen) atoms. The summed E-state index contributed by atoms with van der Waals surface area (Å²) in [6.45, 7) is 9.97. The molecule has 0 spiro atoms. The van der Waals surface area contributed by atoms with Crippen LogP contribution in [0.15, 0.2) is 18.2 Å². The number of carbonyl (C=O) groups is 3. The number of benzene rings is 1. The predicted molar refractivity (Wildman–Crippen MR) is 157 cm³/mol. The molecule has 0 bridgehead atoms. The summed E-state index contributed by atoms with van der Waals surface area (Å²) in [5.41, 5.74) is 6.03. The van der Waals surface area contributed by atoms with E-state index in [1.54, 1.807) is 0 Å². The SMILES string of the molecule is Cc1c(C(=O)NC(CCC2CC2)C(=O)N2CCc3cc(CN4CCCCC4)ccc32)[nH]c2c1C(=O)CC(C)(C)C2. The van der Waals surface area contributed by atoms with Crippen molar-refractivity contribution in [1.82, 2.24) is 15.2 Å². The molecule has 2 aromatic rings. The summed E-state index contributed by atoms with van der Waals surface area (Å²) < 4.78 is 0. The number of aromatic amines is 1. The van der Waals surface area contributed by atoms with Gasteiger partial charge in [-0.25, -0.2) is 0 Å². The molecule has 1 atom stereocenters. The number of H-pyrrole nitrogens is 1. The number of Topliss-reactive ketones (excluding diaryl/α,β-unsaturated/α-hetero) is 1. The Morgan fingerprint density at radius 2 is 1.88 bits per heavy atom. The Morgan fingerprint density at radius 1 is 1.10 bits per heavy atom. The van der Waals surface area contributed by atoms with Crippen LogP contribution in [0.2, 0.25) is 0 Å². The lowest BCUT2D eigenvalue weighted by Gasteiger charge is -2.28. The zero-order valence-electron chi connectivity index (χ0n) is 24.4. The number of nitrogens with one attached hydrogen (secondary N) is 2. The lowest BCUT2D eigenvalue weighted by molar-refractivity contribution is -0.120. The van der Waals surface area contributed by atoms with E-state index in [2.05, 4.69) is 47.2 Å². The lowest BCUT2D eigenvalue weighted by Crippen LogP contribution is -2.48. The number of carbonyl (C=O) groups excluding carboxylic acids is 3. The molecule has 3 heterocycles. The van der Waals surface area contributed by atoms with E-state index in [0.717, 1.165) is 37.2 Å². The number of fused-ring (bicyclic) bond motifs is 2. The van der Waals surface area contributed by atoms with Crippen LogP contribution in [-0.2, 0) is 24.2 Å². The van der Waals surface area contributed by atoms with Gasteiger partial charge in [0.05, 0.1) is 0 Å². The van der Waals surface area contributed by atoms with E-state index in [9.17, 15) is 14.4 Å². The Hall–Kier alpha value is -2.93. The first-order valence-electron chi connectivity index (χ1n) is 15.4. The molecule has 6 rings (SSSR count). The molecule has 1 saturated carbocycles. The Balaban J connectivity index is 1.19. The molecule has 2 aliphatic carbocycles. The van der Waals surface area contributed by atoms with Crippen molar-refractivity contribution >= 4 is 23.3 Å². The minimum absolute atomic E-state index is 0.0253. The number of piperidine rings is 1. The minimum Gasteiger partial charge on any atom is -0.354 e. The molecule has 4 aliphatic rings. The third-order valence-corrected chi connectivity index (χ3v) is 9.45. The number of aromatic nitrogens is 1. The Kier molecular flexibility index (Phi) is 7.36. The highest BCUT2D eigenvalue weighted by Gasteiger charge is 2.37. The van der Waals surface area contributed by atoms with Gasteiger partial charge in [0.25, 0.3) is 5.91 Å². The maximum atomic E-state index is 14.0. The molecular weight excluding hydrogens is 500 g/mol. The summed E-state index contributed by atoms with van der Waals surface area (Å²) in [6, 6.07) is 5.97. The van der Waals surface area contributed by atoms with Crippen LogP contribution in [0.3, 0.4) is 0 Å². The number of hydrogen-bond donors (Lipinski definition) is 2. The van der Waals surface area contributed by atoms with Gasteiger partial charge in [-0.2, -0.15) is 0 Å². The molecule has 2 aliphatic heterocycles. The van der Waals surface area contributed by atoms with Crippen molar-refractivity contribution in [2.24, 2.45) is 11.3 Å². The van der Waals surface area contributed by atoms with Crippen LogP contribution >= 0.6 is 0 Å². The number of anilines is 1. The van der Waals surface area contributed by atoms with E-state index in [-0.39, 0.29) is 23.0 Å². The van der Waals surface area contributed by atoms with E-state index >= 15 is 0 Å². The number of amides is 2. The van der Waals surface area contributed by atoms with E-state index in [4.69, 9.17) is 0 Å². The number of likely N-dealkylation sites (tertiary alicyclic amines) is 1. The summed E-state index contributed by atoms with van der Waals surface area (Å²) in [4.78, 5) is 48.1. The third kappa shape index (κ3) is 5.63. The van der Waals surface area contributed by atoms with Gasteiger partial charge >= 0.3 is 0 Å². The molecule has 7 heteroatoms. The fraction of sp³-hybridized carbons (Fsp3) is 0.606. The Bertz CT molecular complexity index is 1320. The summed E-state index contributed by atoms with van der Waals surface area (Å²) in [7, 11) is 0. The molecule has 1 unspecified atom stereocenters. The maximum Gasteiger partial charge on any atom is 0.268 e. The zero-order chi connectivity index (χ0) is 28.0. The summed E-state index contributed by atoms with van der Waals surface area (Å²) in [6.07, 6.45) is 9.95. The molecule has 1 saturated heterocycles. The maximum absolute atomic E-state index is 14.0. The fourth-order valence-electron chi connectivity index (χ4n) is 7.10. The van der Waals surface area contributed by atoms with Gasteiger partial charge in [-0.05, 0) is 92.6 Å². The first-order chi connectivity index (χ1) is 19.2. The quantitative estimate of drug-likeness (QED) is 0.470. The van der Waals surface area contributed by atoms with Crippen molar-refractivity contribution in [3.63, 3.8) is 0 Å². The monoisotopic (exact) mass is 544 g/mol. The van der Waals surface area contributed by atoms with Crippen molar-refractivity contribution in [3.05, 3.63) is 51.8 Å². The van der Waals surface area contributed by atoms with Crippen LogP contribution in [0.4, 0.5) is 5.69 Å². The predicted octanol–water partition coefficient (Wildman–Crippen LogP) is 5.34. The van der Waals surface area contributed by atoms with Gasteiger partial charge < -0.3 is 15.2 Å². The molecule has 1 aromatic heterocycles. The van der Waals surface area contributed by atoms with Gasteiger partial charge in [-0.15, -0.1) is 0 Å². The van der Waals surface area contributed by atoms with Crippen molar-refractivity contribution in [2.45, 2.75) is 97.6 Å². The Labute approximate surface area is 238 Å². The summed E-state index contributed by atoms with van der Waals surface area (Å²) in [5, 5.41) is 3.10. The number of rotatable bonds is 8. The molecule has 214 valence electrons. The topological polar surface area (TPSA) is 85.5 Å². The zero-order valence-corrected chi connectivity index (χ0v) is 24.4. The molecule has 7 nitrogen and oxygen atoms in total. The highest BCUT2D eigenvalue weighted by Crippen LogP contribution is 2.37. The summed E-state index contributed by atoms with van der Waals surface area (Å²) in [5.74, 6) is 0.439. The van der Waals surface area contributed by atoms with E-state index < -0.39 is 6.04 Å². The highest BCUT2D eigenvalue weighted by atomic mass is 16.2. The van der Waals surface area contributed by atoms with Gasteiger partial charge in [0, 0.05) is 36.5 Å². The number of hydrogen-bond acceptors (Lipinski definition) is 4. The average molecular weight is 545 g/mol. The second kappa shape index (κ2) is 10.8. The van der Waals surface area contributed by atoms with E-state index in [1.807, 2.05) is 11.8 Å². The van der Waals surface area contributed by atoms with E-state index in [0.29, 0.717) is 42.1 Å². The highest BCUT2D eigenvalue weighted by molar-refractivity contribution is 6.06. The molecule has 2 amide bonds. The van der Waals surface area contributed by atoms with Crippen LogP contribution in [-0.4, -0.2) is 53.2 Å². The molecular formula is C33H44N4O3. The second-order valence-corrected chi connectivity index (χ2v) is 13.5. The van der Waals surface area contributed by atoms with Gasteiger partial charge in [0.1, 0.15) is 11.7 Å². The molecule has 1 aromatic carbocycles. The second-order valence-electron chi connectivity index (χ2n) is 13.5. The molecule has 2 fully saturated rings. The van der Waals surface area contributed by atoms with Gasteiger partial charge in [0.2, 0.25) is 5.91 Å². The smallest absolute Gasteiger partial charge is 0.268 e. The molecule has 0 radical (unpaired) electrons. The van der Waals surface area contributed by atoms with Crippen LogP contribution in [0, 0.1) is 18.3 Å². The minimum atomic E-state index is -0.584. The van der Waals surface area contributed by atoms with E-state index in [1.165, 1.54) is 56.3 Å². The van der Waals surface area contributed by atoms with Crippen molar-refractivity contribution in [2.75, 3.05) is 24.5 Å².